The van der Waals surface area contributed by atoms with E-state index in [0.29, 0.717) is 35.7 Å². The fourth-order valence-corrected chi connectivity index (χ4v) is 5.42. The Bertz CT molecular complexity index is 525. The number of hydrogen-bond donors (Lipinski definition) is 1. The predicted molar refractivity (Wildman–Crippen MR) is 78.8 cm³/mol. The summed E-state index contributed by atoms with van der Waals surface area (Å²) in [5.74, 6) is 1.02. The van der Waals surface area contributed by atoms with Crippen molar-refractivity contribution in [1.82, 2.24) is 4.31 Å². The fraction of sp³-hybridized carbons (Fsp3) is 0.692. The number of hydrogen-bond acceptors (Lipinski definition) is 4. The summed E-state index contributed by atoms with van der Waals surface area (Å²) < 4.78 is 27.2. The van der Waals surface area contributed by atoms with Gasteiger partial charge >= 0.3 is 0 Å². The van der Waals surface area contributed by atoms with Crippen molar-refractivity contribution in [3.05, 3.63) is 17.0 Å². The van der Waals surface area contributed by atoms with Gasteiger partial charge in [-0.1, -0.05) is 13.8 Å². The lowest BCUT2D eigenvalue weighted by atomic mass is 9.90. The van der Waals surface area contributed by atoms with Crippen molar-refractivity contribution in [3.63, 3.8) is 0 Å². The van der Waals surface area contributed by atoms with Gasteiger partial charge in [0.15, 0.2) is 0 Å². The molecule has 4 nitrogen and oxygen atoms in total. The average Bonchev–Trinajstić information content (AvgIpc) is 2.82. The summed E-state index contributed by atoms with van der Waals surface area (Å²) in [4.78, 5) is 1.04. The normalized spacial score (nSPS) is 25.6. The molecule has 0 spiro atoms. The van der Waals surface area contributed by atoms with Crippen molar-refractivity contribution < 1.29 is 8.42 Å². The third-order valence-electron chi connectivity index (χ3n) is 3.92. The van der Waals surface area contributed by atoms with Gasteiger partial charge in [0.25, 0.3) is 10.0 Å². The summed E-state index contributed by atoms with van der Waals surface area (Å²) in [5, 5.41) is 0. The van der Waals surface area contributed by atoms with Crippen LogP contribution in [0.2, 0.25) is 0 Å². The number of thiophene rings is 1. The minimum Gasteiger partial charge on any atom is -0.330 e. The minimum atomic E-state index is -3.30. The number of piperidine rings is 1. The van der Waals surface area contributed by atoms with Gasteiger partial charge in [-0.3, -0.25) is 0 Å². The van der Waals surface area contributed by atoms with E-state index in [2.05, 4.69) is 13.8 Å². The molecule has 1 saturated heterocycles. The molecule has 2 atom stereocenters. The fourth-order valence-electron chi connectivity index (χ4n) is 2.34. The van der Waals surface area contributed by atoms with Gasteiger partial charge < -0.3 is 5.73 Å². The summed E-state index contributed by atoms with van der Waals surface area (Å²) in [6.45, 7) is 6.14. The maximum absolute atomic E-state index is 12.6. The highest BCUT2D eigenvalue weighted by Gasteiger charge is 2.32. The zero-order valence-electron chi connectivity index (χ0n) is 11.5. The van der Waals surface area contributed by atoms with E-state index in [4.69, 9.17) is 5.73 Å². The van der Waals surface area contributed by atoms with Gasteiger partial charge in [0.1, 0.15) is 4.21 Å². The van der Waals surface area contributed by atoms with Crippen LogP contribution < -0.4 is 5.73 Å². The van der Waals surface area contributed by atoms with Gasteiger partial charge in [0.2, 0.25) is 0 Å². The molecule has 0 aliphatic carbocycles. The standard InChI is InChI=1S/C13H22N2O2S2/c1-10-6-8-15(9-11(10)2)19(16,17)13-4-3-12(18-13)5-7-14/h3-4,10-11H,5-9,14H2,1-2H3. The molecule has 0 saturated carbocycles. The molecule has 0 aromatic carbocycles. The highest BCUT2D eigenvalue weighted by Crippen LogP contribution is 2.30. The van der Waals surface area contributed by atoms with Crippen molar-refractivity contribution in [3.8, 4) is 0 Å². The molecule has 108 valence electrons. The molecular weight excluding hydrogens is 280 g/mol. The molecule has 19 heavy (non-hydrogen) atoms. The molecule has 2 rings (SSSR count). The van der Waals surface area contributed by atoms with E-state index >= 15 is 0 Å². The molecule has 1 aromatic rings. The van der Waals surface area contributed by atoms with Gasteiger partial charge in [0.05, 0.1) is 0 Å². The van der Waals surface area contributed by atoms with Crippen molar-refractivity contribution in [2.24, 2.45) is 17.6 Å². The third kappa shape index (κ3) is 3.18. The quantitative estimate of drug-likeness (QED) is 0.924. The van der Waals surface area contributed by atoms with Crippen LogP contribution in [0.3, 0.4) is 0 Å². The Hall–Kier alpha value is -0.430. The Labute approximate surface area is 119 Å². The molecular formula is C13H22N2O2S2. The Morgan fingerprint density at radius 1 is 1.37 bits per heavy atom. The SMILES string of the molecule is CC1CCN(S(=O)(=O)c2ccc(CCN)s2)CC1C. The van der Waals surface area contributed by atoms with Crippen molar-refractivity contribution in [1.29, 1.82) is 0 Å². The molecule has 1 fully saturated rings. The lowest BCUT2D eigenvalue weighted by molar-refractivity contribution is 0.213. The smallest absolute Gasteiger partial charge is 0.252 e. The molecule has 1 aromatic heterocycles. The number of nitrogens with zero attached hydrogens (tertiary/aromatic N) is 1. The summed E-state index contributed by atoms with van der Waals surface area (Å²) in [6.07, 6.45) is 1.69. The Balaban J connectivity index is 2.17. The molecule has 1 aliphatic rings. The Morgan fingerprint density at radius 2 is 2.11 bits per heavy atom. The van der Waals surface area contributed by atoms with Crippen LogP contribution in [0.1, 0.15) is 25.1 Å². The van der Waals surface area contributed by atoms with Crippen LogP contribution in [-0.2, 0) is 16.4 Å². The van der Waals surface area contributed by atoms with Crippen LogP contribution in [0.4, 0.5) is 0 Å². The summed E-state index contributed by atoms with van der Waals surface area (Å²) >= 11 is 1.35. The van der Waals surface area contributed by atoms with Gasteiger partial charge in [-0.25, -0.2) is 8.42 Å². The Morgan fingerprint density at radius 3 is 2.74 bits per heavy atom. The van der Waals surface area contributed by atoms with E-state index in [1.54, 1.807) is 10.4 Å². The maximum atomic E-state index is 12.6. The van der Waals surface area contributed by atoms with E-state index < -0.39 is 10.0 Å². The van der Waals surface area contributed by atoms with E-state index in [0.717, 1.165) is 17.7 Å². The maximum Gasteiger partial charge on any atom is 0.252 e. The minimum absolute atomic E-state index is 0.423. The lowest BCUT2D eigenvalue weighted by Gasteiger charge is -2.34. The van der Waals surface area contributed by atoms with E-state index in [9.17, 15) is 8.42 Å². The molecule has 1 aliphatic heterocycles. The zero-order chi connectivity index (χ0) is 14.0. The monoisotopic (exact) mass is 302 g/mol. The molecule has 6 heteroatoms. The first kappa shape index (κ1) is 15.0. The summed E-state index contributed by atoms with van der Waals surface area (Å²) in [5.41, 5.74) is 5.50. The second-order valence-electron chi connectivity index (χ2n) is 5.37. The second kappa shape index (κ2) is 5.91. The largest absolute Gasteiger partial charge is 0.330 e. The average molecular weight is 302 g/mol. The number of sulfonamides is 1. The molecule has 2 unspecified atom stereocenters. The molecule has 2 N–H and O–H groups in total. The highest BCUT2D eigenvalue weighted by molar-refractivity contribution is 7.91. The molecule has 2 heterocycles. The van der Waals surface area contributed by atoms with Crippen molar-refractivity contribution in [2.45, 2.75) is 30.9 Å². The van der Waals surface area contributed by atoms with Crippen LogP contribution in [-0.4, -0.2) is 32.4 Å². The summed E-state index contributed by atoms with van der Waals surface area (Å²) in [6, 6.07) is 3.59. The topological polar surface area (TPSA) is 63.4 Å². The van der Waals surface area contributed by atoms with Gasteiger partial charge in [-0.15, -0.1) is 11.3 Å². The number of rotatable bonds is 4. The Kier molecular flexibility index (Phi) is 4.66. The van der Waals surface area contributed by atoms with Gasteiger partial charge in [0, 0.05) is 18.0 Å². The van der Waals surface area contributed by atoms with Gasteiger partial charge in [-0.2, -0.15) is 4.31 Å². The molecule has 0 bridgehead atoms. The number of nitrogens with two attached hydrogens (primary N) is 1. The van der Waals surface area contributed by atoms with Crippen LogP contribution >= 0.6 is 11.3 Å². The van der Waals surface area contributed by atoms with E-state index in [-0.39, 0.29) is 0 Å². The van der Waals surface area contributed by atoms with Gasteiger partial charge in [-0.05, 0) is 43.4 Å². The van der Waals surface area contributed by atoms with Crippen molar-refractivity contribution >= 4 is 21.4 Å². The second-order valence-corrected chi connectivity index (χ2v) is 8.70. The summed E-state index contributed by atoms with van der Waals surface area (Å²) in [7, 11) is -3.30. The molecule has 0 amide bonds. The predicted octanol–water partition coefficient (Wildman–Crippen LogP) is 1.92. The lowest BCUT2D eigenvalue weighted by Crippen LogP contribution is -2.41. The first-order valence-corrected chi connectivity index (χ1v) is 8.99. The first-order valence-electron chi connectivity index (χ1n) is 6.74. The van der Waals surface area contributed by atoms with Crippen LogP contribution in [0, 0.1) is 11.8 Å². The highest BCUT2D eigenvalue weighted by atomic mass is 32.2. The van der Waals surface area contributed by atoms with Crippen LogP contribution in [0.25, 0.3) is 0 Å². The van der Waals surface area contributed by atoms with Crippen LogP contribution in [0.15, 0.2) is 16.3 Å². The van der Waals surface area contributed by atoms with Crippen molar-refractivity contribution in [2.75, 3.05) is 19.6 Å². The van der Waals surface area contributed by atoms with E-state index in [1.165, 1.54) is 11.3 Å². The van der Waals surface area contributed by atoms with E-state index in [1.807, 2.05) is 6.07 Å². The van der Waals surface area contributed by atoms with Crippen LogP contribution in [0.5, 0.6) is 0 Å². The third-order valence-corrected chi connectivity index (χ3v) is 7.40. The first-order chi connectivity index (χ1) is 8.95. The zero-order valence-corrected chi connectivity index (χ0v) is 13.1. The molecule has 0 radical (unpaired) electrons.